The zero-order valence-electron chi connectivity index (χ0n) is 12.6. The lowest BCUT2D eigenvalue weighted by Crippen LogP contribution is -2.42. The molecule has 0 aliphatic carbocycles. The Morgan fingerprint density at radius 3 is 2.62 bits per heavy atom. The van der Waals surface area contributed by atoms with Crippen LogP contribution in [0.1, 0.15) is 20.8 Å². The van der Waals surface area contributed by atoms with Crippen molar-refractivity contribution in [1.82, 2.24) is 15.8 Å². The maximum atomic E-state index is 13.5. The predicted molar refractivity (Wildman–Crippen MR) is 86.5 cm³/mol. The SMILES string of the molecule is O=C(NNC(=O)c1ccccc1F)c1csc(N2CCOCC2)n1. The van der Waals surface area contributed by atoms with Crippen molar-refractivity contribution < 1.29 is 18.7 Å². The van der Waals surface area contributed by atoms with Gasteiger partial charge >= 0.3 is 0 Å². The van der Waals surface area contributed by atoms with Gasteiger partial charge in [-0.1, -0.05) is 12.1 Å². The first-order valence-electron chi connectivity index (χ1n) is 7.28. The molecule has 1 aromatic carbocycles. The first-order chi connectivity index (χ1) is 11.6. The molecule has 1 aliphatic heterocycles. The van der Waals surface area contributed by atoms with E-state index in [1.807, 2.05) is 4.90 Å². The molecule has 24 heavy (non-hydrogen) atoms. The van der Waals surface area contributed by atoms with Gasteiger partial charge in [0.25, 0.3) is 11.8 Å². The van der Waals surface area contributed by atoms with Crippen LogP contribution in [0.5, 0.6) is 0 Å². The number of morpholine rings is 1. The Bertz CT molecular complexity index is 746. The number of hydrogen-bond donors (Lipinski definition) is 2. The molecule has 0 radical (unpaired) electrons. The Hall–Kier alpha value is -2.52. The molecule has 2 amide bonds. The summed E-state index contributed by atoms with van der Waals surface area (Å²) < 4.78 is 18.8. The molecule has 7 nitrogen and oxygen atoms in total. The van der Waals surface area contributed by atoms with Crippen LogP contribution in [0.2, 0.25) is 0 Å². The Kier molecular flexibility index (Phi) is 5.02. The average Bonchev–Trinajstić information content (AvgIpc) is 3.11. The zero-order chi connectivity index (χ0) is 16.9. The molecule has 2 heterocycles. The monoisotopic (exact) mass is 350 g/mol. The largest absolute Gasteiger partial charge is 0.378 e. The third kappa shape index (κ3) is 3.69. The van der Waals surface area contributed by atoms with Crippen LogP contribution in [0.25, 0.3) is 0 Å². The number of nitrogens with one attached hydrogen (secondary N) is 2. The molecule has 9 heteroatoms. The molecule has 1 aromatic heterocycles. The number of rotatable bonds is 3. The standard InChI is InChI=1S/C15H15FN4O3S/c16-11-4-2-1-3-10(11)13(21)18-19-14(22)12-9-24-15(17-12)20-5-7-23-8-6-20/h1-4,9H,5-8H2,(H,18,21)(H,19,22). The van der Waals surface area contributed by atoms with Gasteiger partial charge in [-0.2, -0.15) is 0 Å². The summed E-state index contributed by atoms with van der Waals surface area (Å²) in [6.07, 6.45) is 0. The predicted octanol–water partition coefficient (Wildman–Crippen LogP) is 1.19. The Labute approximate surface area is 141 Å². The second kappa shape index (κ2) is 7.37. The third-order valence-electron chi connectivity index (χ3n) is 3.41. The highest BCUT2D eigenvalue weighted by Gasteiger charge is 2.18. The van der Waals surface area contributed by atoms with Gasteiger partial charge in [-0.05, 0) is 12.1 Å². The third-order valence-corrected chi connectivity index (χ3v) is 4.32. The number of hydrazine groups is 1. The Morgan fingerprint density at radius 1 is 1.17 bits per heavy atom. The van der Waals surface area contributed by atoms with Crippen molar-refractivity contribution in [2.75, 3.05) is 31.2 Å². The van der Waals surface area contributed by atoms with Gasteiger partial charge in [0.2, 0.25) is 0 Å². The molecule has 0 atom stereocenters. The average molecular weight is 350 g/mol. The van der Waals surface area contributed by atoms with Crippen LogP contribution < -0.4 is 15.8 Å². The van der Waals surface area contributed by atoms with Crippen LogP contribution in [-0.2, 0) is 4.74 Å². The summed E-state index contributed by atoms with van der Waals surface area (Å²) in [6, 6.07) is 5.52. The Balaban J connectivity index is 1.58. The van der Waals surface area contributed by atoms with Crippen LogP contribution in [0.4, 0.5) is 9.52 Å². The molecular weight excluding hydrogens is 335 g/mol. The summed E-state index contributed by atoms with van der Waals surface area (Å²) >= 11 is 1.34. The van der Waals surface area contributed by atoms with Gasteiger partial charge in [-0.15, -0.1) is 11.3 Å². The molecule has 0 spiro atoms. The van der Waals surface area contributed by atoms with Crippen LogP contribution in [0, 0.1) is 5.82 Å². The fourth-order valence-electron chi connectivity index (χ4n) is 2.16. The summed E-state index contributed by atoms with van der Waals surface area (Å²) in [5, 5.41) is 2.33. The fraction of sp³-hybridized carbons (Fsp3) is 0.267. The molecule has 2 aromatic rings. The summed E-state index contributed by atoms with van der Waals surface area (Å²) in [6.45, 7) is 2.69. The number of hydrogen-bond acceptors (Lipinski definition) is 6. The maximum absolute atomic E-state index is 13.5. The van der Waals surface area contributed by atoms with E-state index in [1.165, 1.54) is 35.6 Å². The molecule has 1 fully saturated rings. The highest BCUT2D eigenvalue weighted by molar-refractivity contribution is 7.13. The number of carbonyl (C=O) groups excluding carboxylic acids is 2. The number of aromatic nitrogens is 1. The minimum Gasteiger partial charge on any atom is -0.378 e. The minimum absolute atomic E-state index is 0.148. The van der Waals surface area contributed by atoms with E-state index in [0.717, 1.165) is 18.2 Å². The van der Waals surface area contributed by atoms with Gasteiger partial charge < -0.3 is 9.64 Å². The number of thiazole rings is 1. The van der Waals surface area contributed by atoms with Crippen LogP contribution in [-0.4, -0.2) is 43.1 Å². The summed E-state index contributed by atoms with van der Waals surface area (Å²) in [4.78, 5) is 30.2. The highest BCUT2D eigenvalue weighted by Crippen LogP contribution is 2.21. The normalized spacial score (nSPS) is 14.3. The Morgan fingerprint density at radius 2 is 1.88 bits per heavy atom. The van der Waals surface area contributed by atoms with Gasteiger partial charge in [-0.25, -0.2) is 9.37 Å². The molecular formula is C15H15FN4O3S. The number of anilines is 1. The lowest BCUT2D eigenvalue weighted by Gasteiger charge is -2.25. The second-order valence-corrected chi connectivity index (χ2v) is 5.84. The van der Waals surface area contributed by atoms with Gasteiger partial charge in [0.1, 0.15) is 11.5 Å². The van der Waals surface area contributed by atoms with Crippen molar-refractivity contribution in [3.8, 4) is 0 Å². The van der Waals surface area contributed by atoms with Gasteiger partial charge in [0.15, 0.2) is 5.13 Å². The van der Waals surface area contributed by atoms with Crippen molar-refractivity contribution in [2.45, 2.75) is 0 Å². The number of carbonyl (C=O) groups is 2. The highest BCUT2D eigenvalue weighted by atomic mass is 32.1. The number of benzene rings is 1. The zero-order valence-corrected chi connectivity index (χ0v) is 13.4. The summed E-state index contributed by atoms with van der Waals surface area (Å²) in [5.41, 5.74) is 4.46. The first-order valence-corrected chi connectivity index (χ1v) is 8.16. The van der Waals surface area contributed by atoms with Crippen molar-refractivity contribution in [2.24, 2.45) is 0 Å². The van der Waals surface area contributed by atoms with Crippen molar-refractivity contribution in [3.63, 3.8) is 0 Å². The van der Waals surface area contributed by atoms with Gasteiger partial charge in [0.05, 0.1) is 18.8 Å². The first kappa shape index (κ1) is 16.3. The van der Waals surface area contributed by atoms with E-state index >= 15 is 0 Å². The maximum Gasteiger partial charge on any atom is 0.289 e. The second-order valence-electron chi connectivity index (χ2n) is 5.00. The molecule has 0 unspecified atom stereocenters. The minimum atomic E-state index is -0.731. The molecule has 1 saturated heterocycles. The van der Waals surface area contributed by atoms with E-state index in [9.17, 15) is 14.0 Å². The molecule has 1 aliphatic rings. The van der Waals surface area contributed by atoms with E-state index in [4.69, 9.17) is 4.74 Å². The summed E-state index contributed by atoms with van der Waals surface area (Å²) in [7, 11) is 0. The number of nitrogens with zero attached hydrogens (tertiary/aromatic N) is 2. The lowest BCUT2D eigenvalue weighted by atomic mass is 10.2. The number of ether oxygens (including phenoxy) is 1. The van der Waals surface area contributed by atoms with E-state index in [0.29, 0.717) is 13.2 Å². The molecule has 2 N–H and O–H groups in total. The summed E-state index contributed by atoms with van der Waals surface area (Å²) in [5.74, 6) is -1.95. The van der Waals surface area contributed by atoms with Gasteiger partial charge in [-0.3, -0.25) is 20.4 Å². The van der Waals surface area contributed by atoms with E-state index < -0.39 is 17.6 Å². The van der Waals surface area contributed by atoms with Crippen LogP contribution in [0.3, 0.4) is 0 Å². The van der Waals surface area contributed by atoms with Crippen LogP contribution >= 0.6 is 11.3 Å². The van der Waals surface area contributed by atoms with Crippen molar-refractivity contribution in [3.05, 3.63) is 46.7 Å². The number of halogens is 1. The molecule has 126 valence electrons. The molecule has 3 rings (SSSR count). The van der Waals surface area contributed by atoms with Crippen LogP contribution in [0.15, 0.2) is 29.6 Å². The van der Waals surface area contributed by atoms with Crippen molar-refractivity contribution in [1.29, 1.82) is 0 Å². The topological polar surface area (TPSA) is 83.6 Å². The van der Waals surface area contributed by atoms with E-state index in [1.54, 1.807) is 5.38 Å². The van der Waals surface area contributed by atoms with E-state index in [-0.39, 0.29) is 11.3 Å². The number of amides is 2. The lowest BCUT2D eigenvalue weighted by molar-refractivity contribution is 0.0842. The fourth-order valence-corrected chi connectivity index (χ4v) is 3.02. The van der Waals surface area contributed by atoms with Gasteiger partial charge in [0, 0.05) is 18.5 Å². The smallest absolute Gasteiger partial charge is 0.289 e. The molecule has 0 bridgehead atoms. The van der Waals surface area contributed by atoms with E-state index in [2.05, 4.69) is 15.8 Å². The quantitative estimate of drug-likeness (QED) is 0.813. The molecule has 0 saturated carbocycles. The van der Waals surface area contributed by atoms with Crippen molar-refractivity contribution >= 4 is 28.3 Å².